The second-order valence-corrected chi connectivity index (χ2v) is 3.74. The Balaban J connectivity index is 2.15. The molecule has 4 heteroatoms. The second-order valence-electron chi connectivity index (χ2n) is 3.74. The predicted molar refractivity (Wildman–Crippen MR) is 54.6 cm³/mol. The SMILES string of the molecule is COc1ccnc(N2CCC(C)C2)n1. The Kier molecular flexibility index (Phi) is 2.52. The molecule has 0 radical (unpaired) electrons. The molecule has 1 aliphatic heterocycles. The molecule has 2 heterocycles. The van der Waals surface area contributed by atoms with Crippen LogP contribution in [0.15, 0.2) is 12.3 Å². The highest BCUT2D eigenvalue weighted by atomic mass is 16.5. The number of aromatic nitrogens is 2. The van der Waals surface area contributed by atoms with Gasteiger partial charge in [-0.25, -0.2) is 4.98 Å². The van der Waals surface area contributed by atoms with Crippen LogP contribution in [0.3, 0.4) is 0 Å². The lowest BCUT2D eigenvalue weighted by Crippen LogP contribution is -2.21. The smallest absolute Gasteiger partial charge is 0.228 e. The van der Waals surface area contributed by atoms with Crippen molar-refractivity contribution in [1.82, 2.24) is 9.97 Å². The van der Waals surface area contributed by atoms with Crippen molar-refractivity contribution in [2.75, 3.05) is 25.1 Å². The highest BCUT2D eigenvalue weighted by Gasteiger charge is 2.20. The molecule has 0 saturated carbocycles. The first-order chi connectivity index (χ1) is 6.79. The van der Waals surface area contributed by atoms with Crippen molar-refractivity contribution < 1.29 is 4.74 Å². The molecule has 1 atom stereocenters. The van der Waals surface area contributed by atoms with Gasteiger partial charge in [0.05, 0.1) is 7.11 Å². The third-order valence-electron chi connectivity index (χ3n) is 2.53. The molecule has 1 fully saturated rings. The van der Waals surface area contributed by atoms with Crippen LogP contribution in [0.4, 0.5) is 5.95 Å². The molecule has 1 aliphatic rings. The Labute approximate surface area is 83.9 Å². The van der Waals surface area contributed by atoms with E-state index in [0.717, 1.165) is 25.0 Å². The molecule has 1 aromatic rings. The Morgan fingerprint density at radius 3 is 3.07 bits per heavy atom. The monoisotopic (exact) mass is 193 g/mol. The minimum absolute atomic E-state index is 0.634. The number of nitrogens with zero attached hydrogens (tertiary/aromatic N) is 3. The summed E-state index contributed by atoms with van der Waals surface area (Å²) in [5.41, 5.74) is 0. The molecule has 4 nitrogen and oxygen atoms in total. The van der Waals surface area contributed by atoms with E-state index in [1.807, 2.05) is 0 Å². The second kappa shape index (κ2) is 3.82. The normalized spacial score (nSPS) is 21.3. The average Bonchev–Trinajstić information content (AvgIpc) is 2.65. The third kappa shape index (κ3) is 1.78. The molecule has 0 N–H and O–H groups in total. The number of ether oxygens (including phenoxy) is 1. The van der Waals surface area contributed by atoms with Crippen LogP contribution in [0.5, 0.6) is 5.88 Å². The van der Waals surface area contributed by atoms with Crippen LogP contribution in [0, 0.1) is 5.92 Å². The van der Waals surface area contributed by atoms with E-state index in [4.69, 9.17) is 4.74 Å². The van der Waals surface area contributed by atoms with Crippen LogP contribution in [0.1, 0.15) is 13.3 Å². The fraction of sp³-hybridized carbons (Fsp3) is 0.600. The first-order valence-corrected chi connectivity index (χ1v) is 4.91. The predicted octanol–water partition coefficient (Wildman–Crippen LogP) is 1.33. The Bertz CT molecular complexity index is 316. The van der Waals surface area contributed by atoms with Crippen molar-refractivity contribution in [3.8, 4) is 5.88 Å². The van der Waals surface area contributed by atoms with Gasteiger partial charge in [0.2, 0.25) is 11.8 Å². The van der Waals surface area contributed by atoms with Crippen molar-refractivity contribution in [2.24, 2.45) is 5.92 Å². The van der Waals surface area contributed by atoms with Crippen molar-refractivity contribution >= 4 is 5.95 Å². The molecule has 76 valence electrons. The summed E-state index contributed by atoms with van der Waals surface area (Å²) < 4.78 is 5.06. The molecular weight excluding hydrogens is 178 g/mol. The van der Waals surface area contributed by atoms with E-state index in [0.29, 0.717) is 5.88 Å². The van der Waals surface area contributed by atoms with E-state index in [9.17, 15) is 0 Å². The molecule has 0 amide bonds. The van der Waals surface area contributed by atoms with Gasteiger partial charge in [0.15, 0.2) is 0 Å². The quantitative estimate of drug-likeness (QED) is 0.710. The molecule has 0 spiro atoms. The first kappa shape index (κ1) is 9.24. The summed E-state index contributed by atoms with van der Waals surface area (Å²) in [6.45, 7) is 4.35. The lowest BCUT2D eigenvalue weighted by Gasteiger charge is -2.15. The molecule has 2 rings (SSSR count). The molecule has 0 aliphatic carbocycles. The number of anilines is 1. The van der Waals surface area contributed by atoms with E-state index in [-0.39, 0.29) is 0 Å². The summed E-state index contributed by atoms with van der Waals surface area (Å²) in [5.74, 6) is 2.16. The van der Waals surface area contributed by atoms with Gasteiger partial charge in [-0.1, -0.05) is 6.92 Å². The van der Waals surface area contributed by atoms with Crippen LogP contribution in [-0.4, -0.2) is 30.2 Å². The molecule has 1 aromatic heterocycles. The molecule has 1 saturated heterocycles. The Morgan fingerprint density at radius 1 is 1.57 bits per heavy atom. The van der Waals surface area contributed by atoms with Crippen molar-refractivity contribution in [3.05, 3.63) is 12.3 Å². The summed E-state index contributed by atoms with van der Waals surface area (Å²) in [4.78, 5) is 10.7. The minimum Gasteiger partial charge on any atom is -0.481 e. The fourth-order valence-corrected chi connectivity index (χ4v) is 1.72. The molecule has 1 unspecified atom stereocenters. The number of hydrogen-bond donors (Lipinski definition) is 0. The van der Waals surface area contributed by atoms with Gasteiger partial charge >= 0.3 is 0 Å². The van der Waals surface area contributed by atoms with Crippen LogP contribution >= 0.6 is 0 Å². The summed E-state index contributed by atoms with van der Waals surface area (Å²) in [5, 5.41) is 0. The van der Waals surface area contributed by atoms with Crippen molar-refractivity contribution in [1.29, 1.82) is 0 Å². The molecule has 14 heavy (non-hydrogen) atoms. The first-order valence-electron chi connectivity index (χ1n) is 4.91. The van der Waals surface area contributed by atoms with E-state index in [1.54, 1.807) is 19.4 Å². The van der Waals surface area contributed by atoms with E-state index in [1.165, 1.54) is 6.42 Å². The van der Waals surface area contributed by atoms with Gasteiger partial charge in [-0.15, -0.1) is 0 Å². The lowest BCUT2D eigenvalue weighted by atomic mass is 10.2. The van der Waals surface area contributed by atoms with Gasteiger partial charge in [0.25, 0.3) is 0 Å². The zero-order chi connectivity index (χ0) is 9.97. The van der Waals surface area contributed by atoms with Crippen molar-refractivity contribution in [2.45, 2.75) is 13.3 Å². The fourth-order valence-electron chi connectivity index (χ4n) is 1.72. The van der Waals surface area contributed by atoms with E-state index < -0.39 is 0 Å². The number of methoxy groups -OCH3 is 1. The average molecular weight is 193 g/mol. The van der Waals surface area contributed by atoms with Gasteiger partial charge in [-0.3, -0.25) is 0 Å². The molecular formula is C10H15N3O. The summed E-state index contributed by atoms with van der Waals surface area (Å²) >= 11 is 0. The number of hydrogen-bond acceptors (Lipinski definition) is 4. The maximum atomic E-state index is 5.06. The van der Waals surface area contributed by atoms with Gasteiger partial charge < -0.3 is 9.64 Å². The Hall–Kier alpha value is -1.32. The highest BCUT2D eigenvalue weighted by Crippen LogP contribution is 2.20. The van der Waals surface area contributed by atoms with Crippen LogP contribution in [0.25, 0.3) is 0 Å². The zero-order valence-corrected chi connectivity index (χ0v) is 8.60. The van der Waals surface area contributed by atoms with Crippen LogP contribution in [0.2, 0.25) is 0 Å². The lowest BCUT2D eigenvalue weighted by molar-refractivity contribution is 0.397. The van der Waals surface area contributed by atoms with Crippen molar-refractivity contribution in [3.63, 3.8) is 0 Å². The van der Waals surface area contributed by atoms with Gasteiger partial charge in [-0.05, 0) is 12.3 Å². The molecule has 0 aromatic carbocycles. The standard InChI is InChI=1S/C10H15N3O/c1-8-4-6-13(7-8)10-11-5-3-9(12-10)14-2/h3,5,8H,4,6-7H2,1-2H3. The van der Waals surface area contributed by atoms with Gasteiger partial charge in [0.1, 0.15) is 0 Å². The molecule has 0 bridgehead atoms. The maximum Gasteiger partial charge on any atom is 0.228 e. The summed E-state index contributed by atoms with van der Waals surface area (Å²) in [6, 6.07) is 1.77. The third-order valence-corrected chi connectivity index (χ3v) is 2.53. The van der Waals surface area contributed by atoms with E-state index >= 15 is 0 Å². The highest BCUT2D eigenvalue weighted by molar-refractivity contribution is 5.33. The van der Waals surface area contributed by atoms with Gasteiger partial charge in [-0.2, -0.15) is 4.98 Å². The largest absolute Gasteiger partial charge is 0.481 e. The zero-order valence-electron chi connectivity index (χ0n) is 8.60. The topological polar surface area (TPSA) is 38.2 Å². The van der Waals surface area contributed by atoms with E-state index in [2.05, 4.69) is 21.8 Å². The maximum absolute atomic E-state index is 5.06. The van der Waals surface area contributed by atoms with Gasteiger partial charge in [0, 0.05) is 25.4 Å². The summed E-state index contributed by atoms with van der Waals surface area (Å²) in [6.07, 6.45) is 2.96. The van der Waals surface area contributed by atoms with Crippen LogP contribution in [-0.2, 0) is 0 Å². The Morgan fingerprint density at radius 2 is 2.43 bits per heavy atom. The number of rotatable bonds is 2. The van der Waals surface area contributed by atoms with Crippen LogP contribution < -0.4 is 9.64 Å². The summed E-state index contributed by atoms with van der Waals surface area (Å²) in [7, 11) is 1.62. The minimum atomic E-state index is 0.634.